The number of anilines is 1. The number of hydrogen-bond donors (Lipinski definition) is 1. The Labute approximate surface area is 171 Å². The molecular weight excluding hydrogens is 388 g/mol. The molecule has 0 saturated carbocycles. The second-order valence-electron chi connectivity index (χ2n) is 6.19. The van der Waals surface area contributed by atoms with Crippen molar-refractivity contribution in [1.29, 1.82) is 0 Å². The lowest BCUT2D eigenvalue weighted by Gasteiger charge is -2.09. The first kappa shape index (κ1) is 19.1. The first-order valence-electron chi connectivity index (χ1n) is 9.15. The molecule has 0 amide bonds. The Morgan fingerprint density at radius 2 is 1.87 bits per heavy atom. The number of nitrogen functional groups attached to an aromatic ring is 1. The molecule has 0 spiro atoms. The van der Waals surface area contributed by atoms with Gasteiger partial charge in [0.2, 0.25) is 11.6 Å². The minimum Gasteiger partial charge on any atom is -0.489 e. The molecule has 10 nitrogen and oxygen atoms in total. The average molecular weight is 406 g/mol. The summed E-state index contributed by atoms with van der Waals surface area (Å²) in [6, 6.07) is 17.0. The molecule has 0 saturated heterocycles. The van der Waals surface area contributed by atoms with Crippen molar-refractivity contribution in [1.82, 2.24) is 25.3 Å². The van der Waals surface area contributed by atoms with Gasteiger partial charge in [-0.1, -0.05) is 35.5 Å². The fourth-order valence-electron chi connectivity index (χ4n) is 2.81. The van der Waals surface area contributed by atoms with E-state index in [9.17, 15) is 4.79 Å². The number of ether oxygens (including phenoxy) is 2. The molecule has 30 heavy (non-hydrogen) atoms. The molecule has 0 bridgehead atoms. The second kappa shape index (κ2) is 8.43. The number of hydrogen-bond acceptors (Lipinski definition) is 9. The summed E-state index contributed by atoms with van der Waals surface area (Å²) in [5, 5.41) is 15.2. The second-order valence-corrected chi connectivity index (χ2v) is 6.19. The van der Waals surface area contributed by atoms with Crippen molar-refractivity contribution in [3.8, 4) is 22.8 Å². The third-order valence-electron chi connectivity index (χ3n) is 4.21. The van der Waals surface area contributed by atoms with E-state index in [1.807, 2.05) is 30.3 Å². The average Bonchev–Trinajstić information content (AvgIpc) is 3.39. The number of aromatic nitrogens is 5. The number of benzene rings is 2. The SMILES string of the molecule is CCOC(=O)c1nnn(-c2nonc2N)c1-c1ccc(OCc2ccccc2)cc1. The molecule has 0 atom stereocenters. The highest BCUT2D eigenvalue weighted by atomic mass is 16.6. The van der Waals surface area contributed by atoms with Crippen LogP contribution in [-0.4, -0.2) is 37.9 Å². The van der Waals surface area contributed by atoms with E-state index < -0.39 is 5.97 Å². The maximum absolute atomic E-state index is 12.4. The van der Waals surface area contributed by atoms with Gasteiger partial charge in [0.25, 0.3) is 0 Å². The fourth-order valence-corrected chi connectivity index (χ4v) is 2.81. The van der Waals surface area contributed by atoms with Gasteiger partial charge in [-0.3, -0.25) is 0 Å². The van der Waals surface area contributed by atoms with E-state index in [1.54, 1.807) is 31.2 Å². The van der Waals surface area contributed by atoms with Gasteiger partial charge >= 0.3 is 5.97 Å². The number of esters is 1. The van der Waals surface area contributed by atoms with Crippen molar-refractivity contribution >= 4 is 11.8 Å². The van der Waals surface area contributed by atoms with Crippen molar-refractivity contribution in [2.45, 2.75) is 13.5 Å². The predicted molar refractivity (Wildman–Crippen MR) is 106 cm³/mol. The van der Waals surface area contributed by atoms with Crippen molar-refractivity contribution in [2.24, 2.45) is 0 Å². The minimum absolute atomic E-state index is 0.0133. The van der Waals surface area contributed by atoms with E-state index in [0.717, 1.165) is 5.56 Å². The van der Waals surface area contributed by atoms with Gasteiger partial charge in [0, 0.05) is 5.56 Å². The summed E-state index contributed by atoms with van der Waals surface area (Å²) in [5.41, 5.74) is 7.86. The summed E-state index contributed by atoms with van der Waals surface area (Å²) >= 11 is 0. The van der Waals surface area contributed by atoms with Crippen LogP contribution in [0.2, 0.25) is 0 Å². The normalized spacial score (nSPS) is 10.7. The van der Waals surface area contributed by atoms with Crippen LogP contribution in [0.5, 0.6) is 5.75 Å². The molecule has 0 unspecified atom stereocenters. The van der Waals surface area contributed by atoms with Crippen molar-refractivity contribution in [3.63, 3.8) is 0 Å². The van der Waals surface area contributed by atoms with Gasteiger partial charge in [-0.25, -0.2) is 9.42 Å². The molecule has 0 aliphatic heterocycles. The van der Waals surface area contributed by atoms with Gasteiger partial charge in [-0.2, -0.15) is 4.68 Å². The molecule has 4 rings (SSSR count). The molecule has 0 aliphatic rings. The van der Waals surface area contributed by atoms with E-state index in [2.05, 4.69) is 25.3 Å². The van der Waals surface area contributed by atoms with Gasteiger partial charge in [0.05, 0.1) is 6.61 Å². The van der Waals surface area contributed by atoms with E-state index in [1.165, 1.54) is 4.68 Å². The standard InChI is InChI=1S/C20H18N6O4/c1-2-28-20(27)16-17(26(25-22-16)19-18(21)23-30-24-19)14-8-10-15(11-9-14)29-12-13-6-4-3-5-7-13/h3-11H,2,12H2,1H3,(H2,21,23). The zero-order chi connectivity index (χ0) is 20.9. The highest BCUT2D eigenvalue weighted by Gasteiger charge is 2.26. The lowest BCUT2D eigenvalue weighted by atomic mass is 10.1. The Morgan fingerprint density at radius 1 is 1.10 bits per heavy atom. The largest absolute Gasteiger partial charge is 0.489 e. The number of carbonyl (C=O) groups excluding carboxylic acids is 1. The number of nitrogens with zero attached hydrogens (tertiary/aromatic N) is 5. The highest BCUT2D eigenvalue weighted by molar-refractivity contribution is 5.94. The molecular formula is C20H18N6O4. The molecule has 0 radical (unpaired) electrons. The number of nitrogens with two attached hydrogens (primary N) is 1. The molecule has 10 heteroatoms. The van der Waals surface area contributed by atoms with Crippen LogP contribution < -0.4 is 10.5 Å². The van der Waals surface area contributed by atoms with Gasteiger partial charge in [0.15, 0.2) is 5.69 Å². The summed E-state index contributed by atoms with van der Waals surface area (Å²) in [5.74, 6) is 0.192. The van der Waals surface area contributed by atoms with Crippen LogP contribution in [0.25, 0.3) is 17.1 Å². The molecule has 0 fully saturated rings. The van der Waals surface area contributed by atoms with Crippen LogP contribution in [0.15, 0.2) is 59.2 Å². The lowest BCUT2D eigenvalue weighted by molar-refractivity contribution is 0.0520. The van der Waals surface area contributed by atoms with E-state index in [0.29, 0.717) is 23.6 Å². The Kier molecular flexibility index (Phi) is 5.37. The van der Waals surface area contributed by atoms with E-state index in [-0.39, 0.29) is 23.9 Å². The lowest BCUT2D eigenvalue weighted by Crippen LogP contribution is -2.08. The van der Waals surface area contributed by atoms with Crippen LogP contribution in [-0.2, 0) is 11.3 Å². The predicted octanol–water partition coefficient (Wildman–Crippen LogP) is 2.66. The van der Waals surface area contributed by atoms with E-state index >= 15 is 0 Å². The molecule has 2 aromatic carbocycles. The van der Waals surface area contributed by atoms with Crippen molar-refractivity contribution < 1.29 is 18.9 Å². The smallest absolute Gasteiger partial charge is 0.361 e. The Hall–Kier alpha value is -4.21. The van der Waals surface area contributed by atoms with Crippen LogP contribution in [0, 0.1) is 0 Å². The molecule has 4 aromatic rings. The zero-order valence-corrected chi connectivity index (χ0v) is 16.1. The van der Waals surface area contributed by atoms with Crippen LogP contribution in [0.3, 0.4) is 0 Å². The summed E-state index contributed by atoms with van der Waals surface area (Å²) in [4.78, 5) is 12.4. The maximum atomic E-state index is 12.4. The van der Waals surface area contributed by atoms with Crippen LogP contribution in [0.4, 0.5) is 5.82 Å². The van der Waals surface area contributed by atoms with Crippen molar-refractivity contribution in [3.05, 3.63) is 65.9 Å². The van der Waals surface area contributed by atoms with Crippen LogP contribution in [0.1, 0.15) is 23.0 Å². The first-order valence-corrected chi connectivity index (χ1v) is 9.15. The van der Waals surface area contributed by atoms with Gasteiger partial charge < -0.3 is 15.2 Å². The summed E-state index contributed by atoms with van der Waals surface area (Å²) in [6.07, 6.45) is 0. The Morgan fingerprint density at radius 3 is 2.53 bits per heavy atom. The molecule has 2 N–H and O–H groups in total. The molecule has 152 valence electrons. The van der Waals surface area contributed by atoms with Gasteiger partial charge in [-0.05, 0) is 47.1 Å². The number of rotatable bonds is 7. The van der Waals surface area contributed by atoms with Gasteiger partial charge in [0.1, 0.15) is 18.1 Å². The number of carbonyl (C=O) groups is 1. The van der Waals surface area contributed by atoms with Crippen molar-refractivity contribution in [2.75, 3.05) is 12.3 Å². The topological polar surface area (TPSA) is 131 Å². The third kappa shape index (κ3) is 3.83. The van der Waals surface area contributed by atoms with Gasteiger partial charge in [-0.15, -0.1) is 5.10 Å². The highest BCUT2D eigenvalue weighted by Crippen LogP contribution is 2.28. The monoisotopic (exact) mass is 406 g/mol. The Balaban J connectivity index is 1.65. The van der Waals surface area contributed by atoms with Crippen LogP contribution >= 0.6 is 0 Å². The summed E-state index contributed by atoms with van der Waals surface area (Å²) in [6.45, 7) is 2.35. The third-order valence-corrected chi connectivity index (χ3v) is 4.21. The fraction of sp³-hybridized carbons (Fsp3) is 0.150. The summed E-state index contributed by atoms with van der Waals surface area (Å²) in [7, 11) is 0. The Bertz CT molecular complexity index is 1140. The van der Waals surface area contributed by atoms with E-state index in [4.69, 9.17) is 15.2 Å². The zero-order valence-electron chi connectivity index (χ0n) is 16.1. The quantitative estimate of drug-likeness (QED) is 0.460. The summed E-state index contributed by atoms with van der Waals surface area (Å²) < 4.78 is 16.8. The molecule has 2 aromatic heterocycles. The molecule has 0 aliphatic carbocycles. The minimum atomic E-state index is -0.613. The molecule has 2 heterocycles. The first-order chi connectivity index (χ1) is 14.7. The maximum Gasteiger partial charge on any atom is 0.361 e.